The molecule has 0 radical (unpaired) electrons. The molecule has 0 unspecified atom stereocenters. The van der Waals surface area contributed by atoms with Crippen LogP contribution in [-0.4, -0.2) is 14.9 Å². The van der Waals surface area contributed by atoms with Crippen molar-refractivity contribution in [3.63, 3.8) is 0 Å². The van der Waals surface area contributed by atoms with E-state index in [1.807, 2.05) is 6.07 Å². The Labute approximate surface area is 136 Å². The minimum Gasteiger partial charge on any atom is -0.334 e. The van der Waals surface area contributed by atoms with E-state index in [0.717, 1.165) is 0 Å². The lowest BCUT2D eigenvalue weighted by molar-refractivity contribution is -0.383. The van der Waals surface area contributed by atoms with Crippen LogP contribution in [0.2, 0.25) is 0 Å². The molecule has 24 heavy (non-hydrogen) atoms. The fraction of sp³-hybridized carbons (Fsp3) is 0. The summed E-state index contributed by atoms with van der Waals surface area (Å²) in [6.07, 6.45) is 1.21. The first-order valence-corrected chi connectivity index (χ1v) is 6.97. The molecule has 0 amide bonds. The Morgan fingerprint density at radius 3 is 1.96 bits per heavy atom. The second-order valence-corrected chi connectivity index (χ2v) is 4.80. The van der Waals surface area contributed by atoms with Crippen LogP contribution < -0.4 is 10.6 Å². The average molecular weight is 325 g/mol. The predicted octanol–water partition coefficient (Wildman–Crippen LogP) is 4.01. The zero-order chi connectivity index (χ0) is 16.9. The first kappa shape index (κ1) is 15.3. The predicted molar refractivity (Wildman–Crippen MR) is 88.1 cm³/mol. The summed E-state index contributed by atoms with van der Waals surface area (Å²) in [5.41, 5.74) is 0.835. The van der Waals surface area contributed by atoms with Gasteiger partial charge in [-0.3, -0.25) is 10.1 Å². The van der Waals surface area contributed by atoms with E-state index in [1.54, 1.807) is 24.3 Å². The van der Waals surface area contributed by atoms with Gasteiger partial charge < -0.3 is 10.6 Å². The van der Waals surface area contributed by atoms with Crippen LogP contribution in [0.15, 0.2) is 60.9 Å². The van der Waals surface area contributed by atoms with Crippen LogP contribution in [-0.2, 0) is 0 Å². The lowest BCUT2D eigenvalue weighted by Gasteiger charge is -2.10. The summed E-state index contributed by atoms with van der Waals surface area (Å²) < 4.78 is 13.0. The highest BCUT2D eigenvalue weighted by Gasteiger charge is 2.23. The topological polar surface area (TPSA) is 93.0 Å². The highest BCUT2D eigenvalue weighted by atomic mass is 19.1. The first-order chi connectivity index (χ1) is 11.6. The number of nitrogens with zero attached hydrogens (tertiary/aromatic N) is 3. The van der Waals surface area contributed by atoms with Crippen molar-refractivity contribution in [2.24, 2.45) is 0 Å². The lowest BCUT2D eigenvalue weighted by Crippen LogP contribution is -2.05. The van der Waals surface area contributed by atoms with Crippen LogP contribution >= 0.6 is 0 Å². The average Bonchev–Trinajstić information content (AvgIpc) is 2.58. The van der Waals surface area contributed by atoms with Gasteiger partial charge in [-0.05, 0) is 36.4 Å². The van der Waals surface area contributed by atoms with Gasteiger partial charge in [0.15, 0.2) is 0 Å². The van der Waals surface area contributed by atoms with Gasteiger partial charge in [-0.25, -0.2) is 14.4 Å². The Kier molecular flexibility index (Phi) is 4.28. The van der Waals surface area contributed by atoms with Gasteiger partial charge in [0.25, 0.3) is 0 Å². The number of hydrogen-bond acceptors (Lipinski definition) is 6. The SMILES string of the molecule is O=[N+]([O-])c1c(Nc2ccccc2)ncnc1Nc1ccc(F)cc1. The number of halogens is 1. The second kappa shape index (κ2) is 6.69. The molecule has 1 heterocycles. The van der Waals surface area contributed by atoms with E-state index in [-0.39, 0.29) is 17.3 Å². The number of hydrogen-bond donors (Lipinski definition) is 2. The Balaban J connectivity index is 1.96. The maximum Gasteiger partial charge on any atom is 0.353 e. The normalized spacial score (nSPS) is 10.2. The van der Waals surface area contributed by atoms with Gasteiger partial charge in [0, 0.05) is 11.4 Å². The van der Waals surface area contributed by atoms with Gasteiger partial charge in [0.2, 0.25) is 11.6 Å². The molecule has 2 N–H and O–H groups in total. The van der Waals surface area contributed by atoms with Gasteiger partial charge in [0.1, 0.15) is 12.1 Å². The third-order valence-electron chi connectivity index (χ3n) is 3.15. The van der Waals surface area contributed by atoms with Crippen molar-refractivity contribution in [2.45, 2.75) is 0 Å². The molecule has 0 aliphatic carbocycles. The molecular weight excluding hydrogens is 313 g/mol. The zero-order valence-corrected chi connectivity index (χ0v) is 12.3. The highest BCUT2D eigenvalue weighted by Crippen LogP contribution is 2.32. The quantitative estimate of drug-likeness (QED) is 0.544. The first-order valence-electron chi connectivity index (χ1n) is 6.97. The van der Waals surface area contributed by atoms with Crippen molar-refractivity contribution in [1.29, 1.82) is 0 Å². The van der Waals surface area contributed by atoms with Crippen LogP contribution in [0.25, 0.3) is 0 Å². The monoisotopic (exact) mass is 325 g/mol. The molecule has 0 aliphatic heterocycles. The fourth-order valence-corrected chi connectivity index (χ4v) is 2.06. The van der Waals surface area contributed by atoms with Gasteiger partial charge in [-0.2, -0.15) is 0 Å². The number of benzene rings is 2. The molecule has 0 aliphatic rings. The highest BCUT2D eigenvalue weighted by molar-refractivity contribution is 5.76. The van der Waals surface area contributed by atoms with E-state index in [2.05, 4.69) is 20.6 Å². The summed E-state index contributed by atoms with van der Waals surface area (Å²) >= 11 is 0. The number of aromatic nitrogens is 2. The smallest absolute Gasteiger partial charge is 0.334 e. The number of para-hydroxylation sites is 1. The molecule has 0 saturated heterocycles. The van der Waals surface area contributed by atoms with Crippen LogP contribution in [0.3, 0.4) is 0 Å². The third kappa shape index (κ3) is 3.43. The summed E-state index contributed by atoms with van der Waals surface area (Å²) in [4.78, 5) is 18.8. The molecule has 1 aromatic heterocycles. The molecule has 8 heteroatoms. The molecule has 0 bridgehead atoms. The minimum atomic E-state index is -0.572. The molecule has 120 valence electrons. The van der Waals surface area contributed by atoms with Crippen molar-refractivity contribution >= 4 is 28.7 Å². The summed E-state index contributed by atoms with van der Waals surface area (Å²) in [6.45, 7) is 0. The second-order valence-electron chi connectivity index (χ2n) is 4.80. The van der Waals surface area contributed by atoms with Crippen LogP contribution in [0, 0.1) is 15.9 Å². The number of nitrogens with one attached hydrogen (secondary N) is 2. The number of anilines is 4. The summed E-state index contributed by atoms with van der Waals surface area (Å²) in [6, 6.07) is 14.4. The van der Waals surface area contributed by atoms with Crippen LogP contribution in [0.5, 0.6) is 0 Å². The van der Waals surface area contributed by atoms with Gasteiger partial charge in [-0.15, -0.1) is 0 Å². The third-order valence-corrected chi connectivity index (χ3v) is 3.15. The molecule has 0 spiro atoms. The molecule has 3 rings (SSSR count). The van der Waals surface area contributed by atoms with Crippen molar-refractivity contribution < 1.29 is 9.31 Å². The van der Waals surface area contributed by atoms with E-state index in [1.165, 1.54) is 30.6 Å². The maximum atomic E-state index is 13.0. The number of nitro groups is 1. The van der Waals surface area contributed by atoms with Crippen LogP contribution in [0.4, 0.5) is 33.1 Å². The van der Waals surface area contributed by atoms with Crippen molar-refractivity contribution in [3.8, 4) is 0 Å². The van der Waals surface area contributed by atoms with Gasteiger partial charge in [-0.1, -0.05) is 18.2 Å². The largest absolute Gasteiger partial charge is 0.353 e. The van der Waals surface area contributed by atoms with E-state index < -0.39 is 10.7 Å². The summed E-state index contributed by atoms with van der Waals surface area (Å²) in [5.74, 6) is -0.324. The Bertz CT molecular complexity index is 856. The van der Waals surface area contributed by atoms with Crippen molar-refractivity contribution in [2.75, 3.05) is 10.6 Å². The Hall–Kier alpha value is -3.55. The van der Waals surface area contributed by atoms with Crippen molar-refractivity contribution in [3.05, 3.63) is 76.9 Å². The van der Waals surface area contributed by atoms with E-state index >= 15 is 0 Å². The van der Waals surface area contributed by atoms with E-state index in [4.69, 9.17) is 0 Å². The molecular formula is C16H12FN5O2. The molecule has 0 atom stereocenters. The standard InChI is InChI=1S/C16H12FN5O2/c17-11-6-8-13(9-7-11)21-16-14(22(23)24)15(18-10-19-16)20-12-4-2-1-3-5-12/h1-10H,(H2,18,19,20,21). The molecule has 3 aromatic rings. The fourth-order valence-electron chi connectivity index (χ4n) is 2.06. The van der Waals surface area contributed by atoms with Gasteiger partial charge >= 0.3 is 5.69 Å². The maximum absolute atomic E-state index is 13.0. The number of rotatable bonds is 5. The van der Waals surface area contributed by atoms with E-state index in [0.29, 0.717) is 11.4 Å². The van der Waals surface area contributed by atoms with Gasteiger partial charge in [0.05, 0.1) is 4.92 Å². The van der Waals surface area contributed by atoms with Crippen molar-refractivity contribution in [1.82, 2.24) is 9.97 Å². The molecule has 7 nitrogen and oxygen atoms in total. The van der Waals surface area contributed by atoms with E-state index in [9.17, 15) is 14.5 Å². The molecule has 0 fully saturated rings. The summed E-state index contributed by atoms with van der Waals surface area (Å²) in [5, 5.41) is 17.2. The Morgan fingerprint density at radius 2 is 1.42 bits per heavy atom. The van der Waals surface area contributed by atoms with Crippen LogP contribution in [0.1, 0.15) is 0 Å². The molecule has 2 aromatic carbocycles. The lowest BCUT2D eigenvalue weighted by atomic mass is 10.3. The summed E-state index contributed by atoms with van der Waals surface area (Å²) in [7, 11) is 0. The molecule has 0 saturated carbocycles. The zero-order valence-electron chi connectivity index (χ0n) is 12.3. The Morgan fingerprint density at radius 1 is 0.875 bits per heavy atom. The minimum absolute atomic E-state index is 0.0139.